The highest BCUT2D eigenvalue weighted by Crippen LogP contribution is 2.37. The molecule has 2 aliphatic rings. The van der Waals surface area contributed by atoms with Crippen molar-refractivity contribution in [1.82, 2.24) is 5.32 Å². The first-order valence-corrected chi connectivity index (χ1v) is 7.80. The van der Waals surface area contributed by atoms with E-state index in [0.717, 1.165) is 5.92 Å². The summed E-state index contributed by atoms with van der Waals surface area (Å²) in [5.41, 5.74) is 1.30. The number of benzene rings is 1. The summed E-state index contributed by atoms with van der Waals surface area (Å²) in [7, 11) is 0. The van der Waals surface area contributed by atoms with Crippen molar-refractivity contribution < 1.29 is 4.39 Å². The molecule has 2 aliphatic carbocycles. The Labute approximate surface area is 115 Å². The van der Waals surface area contributed by atoms with Crippen LogP contribution in [0.25, 0.3) is 0 Å². The van der Waals surface area contributed by atoms with Gasteiger partial charge in [-0.2, -0.15) is 0 Å². The van der Waals surface area contributed by atoms with Gasteiger partial charge in [-0.25, -0.2) is 4.39 Å². The van der Waals surface area contributed by atoms with Crippen LogP contribution >= 0.6 is 0 Å². The Balaban J connectivity index is 1.39. The maximum atomic E-state index is 12.9. The Morgan fingerprint density at radius 3 is 2.37 bits per heavy atom. The van der Waals surface area contributed by atoms with Gasteiger partial charge in [-0.15, -0.1) is 0 Å². The van der Waals surface area contributed by atoms with E-state index in [1.165, 1.54) is 57.1 Å². The van der Waals surface area contributed by atoms with Gasteiger partial charge in [0.2, 0.25) is 0 Å². The van der Waals surface area contributed by atoms with E-state index in [1.54, 1.807) is 12.1 Å². The zero-order chi connectivity index (χ0) is 13.1. The molecule has 0 unspecified atom stereocenters. The van der Waals surface area contributed by atoms with E-state index in [0.29, 0.717) is 12.0 Å². The zero-order valence-corrected chi connectivity index (χ0v) is 11.6. The van der Waals surface area contributed by atoms with Crippen molar-refractivity contribution in [3.63, 3.8) is 0 Å². The molecule has 104 valence electrons. The molecule has 19 heavy (non-hydrogen) atoms. The molecule has 0 heterocycles. The van der Waals surface area contributed by atoms with E-state index in [1.807, 2.05) is 12.1 Å². The molecule has 1 N–H and O–H groups in total. The first kappa shape index (κ1) is 13.1. The van der Waals surface area contributed by atoms with Crippen molar-refractivity contribution in [2.75, 3.05) is 6.54 Å². The lowest BCUT2D eigenvalue weighted by Crippen LogP contribution is -2.42. The predicted molar refractivity (Wildman–Crippen MR) is 76.7 cm³/mol. The van der Waals surface area contributed by atoms with Gasteiger partial charge in [0.1, 0.15) is 5.82 Å². The molecule has 2 heteroatoms. The van der Waals surface area contributed by atoms with Gasteiger partial charge in [0.05, 0.1) is 0 Å². The summed E-state index contributed by atoms with van der Waals surface area (Å²) < 4.78 is 12.9. The molecule has 0 saturated heterocycles. The minimum Gasteiger partial charge on any atom is -0.314 e. The predicted octanol–water partition coefficient (Wildman–Crippen LogP) is 4.24. The molecule has 0 aromatic heterocycles. The first-order valence-electron chi connectivity index (χ1n) is 7.80. The molecule has 0 aliphatic heterocycles. The summed E-state index contributed by atoms with van der Waals surface area (Å²) >= 11 is 0. The van der Waals surface area contributed by atoms with Crippen LogP contribution in [-0.4, -0.2) is 12.6 Å². The van der Waals surface area contributed by atoms with Crippen LogP contribution < -0.4 is 5.32 Å². The second kappa shape index (κ2) is 6.04. The van der Waals surface area contributed by atoms with Crippen LogP contribution in [-0.2, 0) is 0 Å². The fraction of sp³-hybridized carbons (Fsp3) is 0.647. The van der Waals surface area contributed by atoms with Crippen molar-refractivity contribution in [1.29, 1.82) is 0 Å². The summed E-state index contributed by atoms with van der Waals surface area (Å²) in [6, 6.07) is 7.74. The van der Waals surface area contributed by atoms with E-state index >= 15 is 0 Å². The average molecular weight is 261 g/mol. The normalized spacial score (nSPS) is 28.1. The largest absolute Gasteiger partial charge is 0.314 e. The minimum atomic E-state index is -0.130. The maximum absolute atomic E-state index is 12.9. The average Bonchev–Trinajstić information content (AvgIpc) is 2.40. The van der Waals surface area contributed by atoms with Crippen molar-refractivity contribution in [3.8, 4) is 0 Å². The lowest BCUT2D eigenvalue weighted by Gasteiger charge is -2.37. The zero-order valence-electron chi connectivity index (χ0n) is 11.6. The van der Waals surface area contributed by atoms with Crippen molar-refractivity contribution in [3.05, 3.63) is 35.6 Å². The number of rotatable bonds is 4. The third-order valence-electron chi connectivity index (χ3n) is 4.90. The molecule has 0 bridgehead atoms. The van der Waals surface area contributed by atoms with Gasteiger partial charge in [0.25, 0.3) is 0 Å². The molecule has 2 saturated carbocycles. The molecule has 0 atom stereocenters. The highest BCUT2D eigenvalue weighted by molar-refractivity contribution is 5.23. The minimum absolute atomic E-state index is 0.130. The third kappa shape index (κ3) is 3.36. The van der Waals surface area contributed by atoms with Crippen LogP contribution in [0.1, 0.15) is 56.4 Å². The van der Waals surface area contributed by atoms with Crippen LogP contribution in [0, 0.1) is 11.7 Å². The molecule has 1 nitrogen and oxygen atoms in total. The SMILES string of the molecule is Fc1ccc(C2CC(NCC3CCCCC3)C2)cc1. The lowest BCUT2D eigenvalue weighted by molar-refractivity contribution is 0.255. The monoisotopic (exact) mass is 261 g/mol. The quantitative estimate of drug-likeness (QED) is 0.854. The molecule has 0 spiro atoms. The molecule has 3 rings (SSSR count). The second-order valence-electron chi connectivity index (χ2n) is 6.33. The van der Waals surface area contributed by atoms with E-state index in [2.05, 4.69) is 5.32 Å². The van der Waals surface area contributed by atoms with Crippen molar-refractivity contribution >= 4 is 0 Å². The summed E-state index contributed by atoms with van der Waals surface area (Å²) in [5, 5.41) is 3.73. The van der Waals surface area contributed by atoms with Crippen LogP contribution in [0.2, 0.25) is 0 Å². The third-order valence-corrected chi connectivity index (χ3v) is 4.90. The second-order valence-corrected chi connectivity index (χ2v) is 6.33. The van der Waals surface area contributed by atoms with Gasteiger partial charge < -0.3 is 5.32 Å². The number of hydrogen-bond donors (Lipinski definition) is 1. The Hall–Kier alpha value is -0.890. The molecule has 0 amide bonds. The van der Waals surface area contributed by atoms with E-state index in [4.69, 9.17) is 0 Å². The van der Waals surface area contributed by atoms with Crippen LogP contribution in [0.15, 0.2) is 24.3 Å². The number of nitrogens with one attached hydrogen (secondary N) is 1. The van der Waals surface area contributed by atoms with E-state index in [-0.39, 0.29) is 5.82 Å². The summed E-state index contributed by atoms with van der Waals surface area (Å²) in [5.74, 6) is 1.43. The fourth-order valence-corrected chi connectivity index (χ4v) is 3.52. The van der Waals surface area contributed by atoms with Crippen LogP contribution in [0.3, 0.4) is 0 Å². The Morgan fingerprint density at radius 2 is 1.68 bits per heavy atom. The van der Waals surface area contributed by atoms with E-state index in [9.17, 15) is 4.39 Å². The van der Waals surface area contributed by atoms with Crippen molar-refractivity contribution in [2.45, 2.75) is 56.9 Å². The van der Waals surface area contributed by atoms with Gasteiger partial charge in [-0.05, 0) is 61.8 Å². The standard InChI is InChI=1S/C17H24FN/c18-16-8-6-14(7-9-16)15-10-17(11-15)19-12-13-4-2-1-3-5-13/h6-9,13,15,17,19H,1-5,10-12H2. The lowest BCUT2D eigenvalue weighted by atomic mass is 9.75. The van der Waals surface area contributed by atoms with E-state index < -0.39 is 0 Å². The van der Waals surface area contributed by atoms with Gasteiger partial charge in [-0.3, -0.25) is 0 Å². The van der Waals surface area contributed by atoms with Crippen LogP contribution in [0.4, 0.5) is 4.39 Å². The Morgan fingerprint density at radius 1 is 1.00 bits per heavy atom. The Bertz CT molecular complexity index is 388. The summed E-state index contributed by atoms with van der Waals surface area (Å²) in [6.45, 7) is 1.21. The molecule has 2 fully saturated rings. The van der Waals surface area contributed by atoms with Crippen molar-refractivity contribution in [2.24, 2.45) is 5.92 Å². The fourth-order valence-electron chi connectivity index (χ4n) is 3.52. The molecule has 1 aromatic rings. The topological polar surface area (TPSA) is 12.0 Å². The molecular weight excluding hydrogens is 237 g/mol. The van der Waals surface area contributed by atoms with Crippen LogP contribution in [0.5, 0.6) is 0 Å². The summed E-state index contributed by atoms with van der Waals surface area (Å²) in [4.78, 5) is 0. The Kier molecular flexibility index (Phi) is 4.17. The van der Waals surface area contributed by atoms with Gasteiger partial charge in [0, 0.05) is 6.04 Å². The number of halogens is 1. The first-order chi connectivity index (χ1) is 9.31. The molecular formula is C17H24FN. The molecule has 1 aromatic carbocycles. The van der Waals surface area contributed by atoms with Gasteiger partial charge in [-0.1, -0.05) is 31.4 Å². The molecule has 0 radical (unpaired) electrons. The maximum Gasteiger partial charge on any atom is 0.123 e. The number of hydrogen-bond acceptors (Lipinski definition) is 1. The van der Waals surface area contributed by atoms with Gasteiger partial charge in [0.15, 0.2) is 0 Å². The highest BCUT2D eigenvalue weighted by Gasteiger charge is 2.30. The summed E-state index contributed by atoms with van der Waals surface area (Å²) in [6.07, 6.45) is 9.57. The van der Waals surface area contributed by atoms with Gasteiger partial charge >= 0.3 is 0 Å². The highest BCUT2D eigenvalue weighted by atomic mass is 19.1. The smallest absolute Gasteiger partial charge is 0.123 e.